The minimum absolute atomic E-state index is 0.0623. The van der Waals surface area contributed by atoms with Gasteiger partial charge in [-0.2, -0.15) is 0 Å². The van der Waals surface area contributed by atoms with Gasteiger partial charge in [0.25, 0.3) is 5.91 Å². The molecular formula is C27H37N3O4. The highest BCUT2D eigenvalue weighted by Crippen LogP contribution is 2.37. The van der Waals surface area contributed by atoms with Crippen LogP contribution < -0.4 is 10.6 Å². The Labute approximate surface area is 201 Å². The number of Topliss-reactive ketones (excluding diaryl/α,β-unsaturated/α-hetero) is 1. The molecule has 1 heterocycles. The fraction of sp³-hybridized carbons (Fsp3) is 0.519. The summed E-state index contributed by atoms with van der Waals surface area (Å²) in [5.74, 6) is -0.656. The van der Waals surface area contributed by atoms with Crippen molar-refractivity contribution in [1.82, 2.24) is 15.6 Å². The minimum Gasteiger partial charge on any atom is -0.394 e. The van der Waals surface area contributed by atoms with Crippen molar-refractivity contribution < 1.29 is 19.5 Å². The molecule has 0 fully saturated rings. The lowest BCUT2D eigenvalue weighted by Gasteiger charge is -2.28. The molecule has 0 radical (unpaired) electrons. The van der Waals surface area contributed by atoms with Crippen LogP contribution in [0.3, 0.4) is 0 Å². The molecule has 34 heavy (non-hydrogen) atoms. The average molecular weight is 468 g/mol. The molecule has 3 rings (SSSR count). The van der Waals surface area contributed by atoms with Crippen LogP contribution in [0.15, 0.2) is 30.3 Å². The molecule has 0 saturated heterocycles. The van der Waals surface area contributed by atoms with Crippen LogP contribution in [0.1, 0.15) is 97.1 Å². The number of nitrogens with one attached hydrogen (secondary N) is 3. The third kappa shape index (κ3) is 5.76. The van der Waals surface area contributed by atoms with Crippen molar-refractivity contribution in [3.05, 3.63) is 58.4 Å². The van der Waals surface area contributed by atoms with Crippen LogP contribution in [0.2, 0.25) is 0 Å². The Morgan fingerprint density at radius 1 is 1.12 bits per heavy atom. The van der Waals surface area contributed by atoms with Crippen LogP contribution in [0.4, 0.5) is 0 Å². The number of aliphatic hydroxyl groups excluding tert-OH is 1. The zero-order valence-electron chi connectivity index (χ0n) is 20.7. The molecule has 2 amide bonds. The number of ketones is 1. The van der Waals surface area contributed by atoms with Gasteiger partial charge in [-0.05, 0) is 35.8 Å². The lowest BCUT2D eigenvalue weighted by atomic mass is 9.75. The van der Waals surface area contributed by atoms with Crippen molar-refractivity contribution >= 4 is 17.6 Å². The highest BCUT2D eigenvalue weighted by atomic mass is 16.3. The number of H-pyrrole nitrogens is 1. The Hall–Kier alpha value is -2.93. The lowest BCUT2D eigenvalue weighted by molar-refractivity contribution is -0.124. The Morgan fingerprint density at radius 2 is 1.82 bits per heavy atom. The van der Waals surface area contributed by atoms with E-state index in [1.807, 2.05) is 44.2 Å². The molecule has 0 saturated carbocycles. The summed E-state index contributed by atoms with van der Waals surface area (Å²) in [4.78, 5) is 42.5. The summed E-state index contributed by atoms with van der Waals surface area (Å²) < 4.78 is 0. The van der Waals surface area contributed by atoms with Crippen LogP contribution in [-0.4, -0.2) is 40.3 Å². The normalized spacial score (nSPS) is 16.4. The fourth-order valence-electron chi connectivity index (χ4n) is 4.78. The Morgan fingerprint density at radius 3 is 2.44 bits per heavy atom. The zero-order chi connectivity index (χ0) is 24.9. The highest BCUT2D eigenvalue weighted by molar-refractivity contribution is 6.05. The highest BCUT2D eigenvalue weighted by Gasteiger charge is 2.36. The van der Waals surface area contributed by atoms with Gasteiger partial charge in [0.2, 0.25) is 5.91 Å². The second-order valence-corrected chi connectivity index (χ2v) is 9.95. The Balaban J connectivity index is 1.82. The molecule has 0 spiro atoms. The van der Waals surface area contributed by atoms with E-state index in [0.717, 1.165) is 29.7 Å². The molecule has 0 aliphatic heterocycles. The van der Waals surface area contributed by atoms with Crippen molar-refractivity contribution in [2.45, 2.75) is 78.3 Å². The van der Waals surface area contributed by atoms with E-state index in [2.05, 4.69) is 29.5 Å². The number of hydrogen-bond acceptors (Lipinski definition) is 4. The number of carbonyl (C=O) groups is 3. The van der Waals surface area contributed by atoms with Crippen LogP contribution in [0, 0.1) is 5.41 Å². The van der Waals surface area contributed by atoms with Gasteiger partial charge in [-0.1, -0.05) is 70.9 Å². The second-order valence-electron chi connectivity index (χ2n) is 9.95. The van der Waals surface area contributed by atoms with E-state index in [0.29, 0.717) is 36.9 Å². The van der Waals surface area contributed by atoms with Crippen LogP contribution in [0.25, 0.3) is 0 Å². The zero-order valence-corrected chi connectivity index (χ0v) is 20.7. The number of rotatable bonds is 10. The quantitative estimate of drug-likeness (QED) is 0.425. The van der Waals surface area contributed by atoms with Gasteiger partial charge in [-0.3, -0.25) is 14.4 Å². The Kier molecular flexibility index (Phi) is 8.31. The number of unbranched alkanes of at least 4 members (excludes halogenated alkanes) is 1. The molecule has 4 N–H and O–H groups in total. The molecule has 1 aliphatic rings. The lowest BCUT2D eigenvalue weighted by Crippen LogP contribution is -2.48. The number of aromatic nitrogens is 1. The molecule has 1 aliphatic carbocycles. The molecule has 2 aromatic rings. The van der Waals surface area contributed by atoms with Crippen LogP contribution in [0.5, 0.6) is 0 Å². The Bertz CT molecular complexity index is 1030. The summed E-state index contributed by atoms with van der Waals surface area (Å²) in [7, 11) is 0. The maximum absolute atomic E-state index is 13.3. The molecule has 184 valence electrons. The van der Waals surface area contributed by atoms with Gasteiger partial charge in [-0.15, -0.1) is 0 Å². The number of hydrogen-bond donors (Lipinski definition) is 4. The van der Waals surface area contributed by atoms with Gasteiger partial charge >= 0.3 is 0 Å². The minimum atomic E-state index is -0.748. The summed E-state index contributed by atoms with van der Waals surface area (Å²) in [6.45, 7) is 7.81. The first kappa shape index (κ1) is 25.7. The number of carbonyl (C=O) groups excluding carboxylic acids is 3. The SMILES string of the molecule is CCCC[C@H](NC(=O)c1[nH]c2c(c1CC)C(=O)CC(C)(C)C2)C(=O)N[C@@H](CO)c1ccccc1. The van der Waals surface area contributed by atoms with E-state index in [4.69, 9.17) is 0 Å². The summed E-state index contributed by atoms with van der Waals surface area (Å²) in [6, 6.07) is 7.95. The largest absolute Gasteiger partial charge is 0.394 e. The first-order valence-corrected chi connectivity index (χ1v) is 12.2. The third-order valence-electron chi connectivity index (χ3n) is 6.50. The molecule has 2 atom stereocenters. The number of aromatic amines is 1. The van der Waals surface area contributed by atoms with E-state index in [1.54, 1.807) is 0 Å². The summed E-state index contributed by atoms with van der Waals surface area (Å²) in [5, 5.41) is 15.6. The molecule has 0 unspecified atom stereocenters. The number of benzene rings is 1. The van der Waals surface area contributed by atoms with Crippen molar-refractivity contribution in [3.8, 4) is 0 Å². The van der Waals surface area contributed by atoms with Gasteiger partial charge in [0.05, 0.1) is 12.6 Å². The smallest absolute Gasteiger partial charge is 0.268 e. The van der Waals surface area contributed by atoms with Crippen molar-refractivity contribution in [2.75, 3.05) is 6.61 Å². The number of fused-ring (bicyclic) bond motifs is 1. The standard InChI is InChI=1S/C27H37N3O4/c1-5-7-13-19(25(33)30-21(16-31)17-11-9-8-10-12-17)29-26(34)24-18(6-2)23-20(28-24)14-27(3,4)15-22(23)32/h8-12,19,21,28,31H,5-7,13-16H2,1-4H3,(H,29,34)(H,30,33)/t19-,21-/m0/s1. The van der Waals surface area contributed by atoms with Crippen LogP contribution in [-0.2, 0) is 17.6 Å². The van der Waals surface area contributed by atoms with Crippen molar-refractivity contribution in [2.24, 2.45) is 5.41 Å². The number of amides is 2. The van der Waals surface area contributed by atoms with Gasteiger partial charge < -0.3 is 20.7 Å². The molecule has 1 aromatic carbocycles. The van der Waals surface area contributed by atoms with E-state index >= 15 is 0 Å². The summed E-state index contributed by atoms with van der Waals surface area (Å²) >= 11 is 0. The first-order chi connectivity index (χ1) is 16.2. The number of aliphatic hydroxyl groups is 1. The monoisotopic (exact) mass is 467 g/mol. The van der Waals surface area contributed by atoms with Crippen LogP contribution >= 0.6 is 0 Å². The fourth-order valence-corrected chi connectivity index (χ4v) is 4.78. The summed E-state index contributed by atoms with van der Waals surface area (Å²) in [6.07, 6.45) is 3.82. The van der Waals surface area contributed by atoms with Gasteiger partial charge in [0, 0.05) is 17.7 Å². The predicted octanol–water partition coefficient (Wildman–Crippen LogP) is 3.87. The van der Waals surface area contributed by atoms with Crippen molar-refractivity contribution in [3.63, 3.8) is 0 Å². The van der Waals surface area contributed by atoms with Gasteiger partial charge in [-0.25, -0.2) is 0 Å². The first-order valence-electron chi connectivity index (χ1n) is 12.2. The molecule has 7 nitrogen and oxygen atoms in total. The molecule has 0 bridgehead atoms. The van der Waals surface area contributed by atoms with E-state index in [9.17, 15) is 19.5 Å². The van der Waals surface area contributed by atoms with Crippen molar-refractivity contribution in [1.29, 1.82) is 0 Å². The van der Waals surface area contributed by atoms with Gasteiger partial charge in [0.15, 0.2) is 5.78 Å². The predicted molar refractivity (Wildman–Crippen MR) is 132 cm³/mol. The second kappa shape index (κ2) is 11.0. The maximum atomic E-state index is 13.3. The molecular weight excluding hydrogens is 430 g/mol. The summed E-state index contributed by atoms with van der Waals surface area (Å²) in [5.41, 5.74) is 3.18. The maximum Gasteiger partial charge on any atom is 0.268 e. The molecule has 1 aromatic heterocycles. The topological polar surface area (TPSA) is 111 Å². The van der Waals surface area contributed by atoms with E-state index in [-0.39, 0.29) is 29.6 Å². The third-order valence-corrected chi connectivity index (χ3v) is 6.50. The van der Waals surface area contributed by atoms with E-state index < -0.39 is 12.1 Å². The van der Waals surface area contributed by atoms with Gasteiger partial charge in [0.1, 0.15) is 11.7 Å². The van der Waals surface area contributed by atoms with E-state index in [1.165, 1.54) is 0 Å². The molecule has 7 heteroatoms. The average Bonchev–Trinajstić information content (AvgIpc) is 3.18.